The fourth-order valence-electron chi connectivity index (χ4n) is 3.88. The molecular weight excluding hydrogens is 637 g/mol. The first-order valence-corrected chi connectivity index (χ1v) is 14.7. The SMILES string of the molecule is C.CC1(C)C(CC(=O)/C(=N\OCCOc2ccc(C(N)=NCCCC(=N)N)cc2)c2csc(N)n2)C(=O)N1OS(=O)(=O)O.S. The van der Waals surface area contributed by atoms with Crippen molar-refractivity contribution in [2.45, 2.75) is 46.1 Å². The topological polar surface area (TPSA) is 259 Å². The van der Waals surface area contributed by atoms with Gasteiger partial charge in [-0.25, -0.2) is 4.98 Å². The number of carbonyl (C=O) groups excluding carboxylic acids is 2. The minimum atomic E-state index is -4.93. The first kappa shape index (κ1) is 38.2. The van der Waals surface area contributed by atoms with E-state index in [4.69, 9.17) is 36.7 Å². The van der Waals surface area contributed by atoms with Crippen molar-refractivity contribution < 1.29 is 36.4 Å². The van der Waals surface area contributed by atoms with Crippen molar-refractivity contribution in [3.05, 3.63) is 40.9 Å². The minimum absolute atomic E-state index is 0. The Labute approximate surface area is 266 Å². The first-order valence-electron chi connectivity index (χ1n) is 12.5. The molecular formula is C25H38N8O8S3. The summed E-state index contributed by atoms with van der Waals surface area (Å²) in [6.45, 7) is 3.45. The lowest BCUT2D eigenvalue weighted by Gasteiger charge is -2.50. The average molecular weight is 675 g/mol. The second-order valence-corrected chi connectivity index (χ2v) is 11.5. The largest absolute Gasteiger partial charge is 0.490 e. The molecule has 1 aromatic carbocycles. The van der Waals surface area contributed by atoms with Gasteiger partial charge in [0.25, 0.3) is 5.91 Å². The second-order valence-electron chi connectivity index (χ2n) is 9.58. The van der Waals surface area contributed by atoms with Crippen molar-refractivity contribution in [2.24, 2.45) is 27.5 Å². The molecule has 19 heteroatoms. The summed E-state index contributed by atoms with van der Waals surface area (Å²) in [5.74, 6) is -1.37. The number of thiazole rings is 1. The van der Waals surface area contributed by atoms with Gasteiger partial charge in [0.15, 0.2) is 23.2 Å². The molecule has 0 aliphatic carbocycles. The molecule has 8 N–H and O–H groups in total. The minimum Gasteiger partial charge on any atom is -0.490 e. The molecule has 1 aliphatic heterocycles. The zero-order valence-electron chi connectivity index (χ0n) is 23.3. The number of ketones is 1. The standard InChI is InChI=1S/C24H32N8O8S2.CH4.H2S/c1-24(2)16(22(34)32(24)40-42(35,36)37)12-18(33)20(17-13-41-23(28)30-17)31-39-11-10-38-15-7-5-14(6-8-15)21(27)29-9-3-4-19(25)26;;/h5-8,13,16H,3-4,9-12H2,1-2H3,(H3,25,26)(H2,27,29)(H2,28,30)(H,35,36,37);1H4;1H2/b31-20-;;. The number of hydrogen-bond donors (Lipinski definition) is 5. The number of nitrogens with two attached hydrogens (primary N) is 3. The number of anilines is 1. The van der Waals surface area contributed by atoms with Gasteiger partial charge in [-0.2, -0.15) is 27.0 Å². The Bertz CT molecular complexity index is 1480. The summed E-state index contributed by atoms with van der Waals surface area (Å²) >= 11 is 1.08. The number of oxime groups is 1. The molecule has 44 heavy (non-hydrogen) atoms. The smallest absolute Gasteiger partial charge is 0.418 e. The second kappa shape index (κ2) is 16.3. The number of aliphatic imine (C=N–C) groups is 1. The number of carbonyl (C=O) groups is 2. The number of hydrogen-bond acceptors (Lipinski definition) is 13. The molecule has 3 rings (SSSR count). The quantitative estimate of drug-likeness (QED) is 0.0425. The summed E-state index contributed by atoms with van der Waals surface area (Å²) in [6.07, 6.45) is 0.725. The summed E-state index contributed by atoms with van der Waals surface area (Å²) in [4.78, 5) is 39.2. The molecule has 244 valence electrons. The van der Waals surface area contributed by atoms with E-state index in [1.807, 2.05) is 0 Å². The molecule has 1 aliphatic rings. The highest BCUT2D eigenvalue weighted by Crippen LogP contribution is 2.40. The van der Waals surface area contributed by atoms with E-state index in [2.05, 4.69) is 19.4 Å². The maximum Gasteiger partial charge on any atom is 0.418 e. The molecule has 1 aromatic heterocycles. The fraction of sp³-hybridized carbons (Fsp3) is 0.440. The molecule has 0 saturated carbocycles. The van der Waals surface area contributed by atoms with Crippen LogP contribution in [0, 0.1) is 11.3 Å². The number of amidine groups is 2. The molecule has 2 aromatic rings. The van der Waals surface area contributed by atoms with Gasteiger partial charge < -0.3 is 26.8 Å². The summed E-state index contributed by atoms with van der Waals surface area (Å²) in [5, 5.41) is 13.3. The molecule has 0 bridgehead atoms. The number of rotatable bonds is 16. The lowest BCUT2D eigenvalue weighted by molar-refractivity contribution is -0.228. The maximum atomic E-state index is 13.1. The fourth-order valence-corrected chi connectivity index (χ4v) is 4.88. The molecule has 1 atom stereocenters. The van der Waals surface area contributed by atoms with Gasteiger partial charge in [0, 0.05) is 30.3 Å². The van der Waals surface area contributed by atoms with E-state index in [-0.39, 0.29) is 62.9 Å². The summed E-state index contributed by atoms with van der Waals surface area (Å²) in [7, 11) is -4.93. The van der Waals surface area contributed by atoms with Crippen LogP contribution in [0.2, 0.25) is 0 Å². The summed E-state index contributed by atoms with van der Waals surface area (Å²) in [6, 6.07) is 6.89. The molecule has 1 saturated heterocycles. The molecule has 1 amide bonds. The van der Waals surface area contributed by atoms with E-state index in [0.717, 1.165) is 11.3 Å². The molecule has 1 fully saturated rings. The van der Waals surface area contributed by atoms with Crippen molar-refractivity contribution in [1.82, 2.24) is 10.0 Å². The Morgan fingerprint density at radius 3 is 2.43 bits per heavy atom. The van der Waals surface area contributed by atoms with Crippen LogP contribution in [0.5, 0.6) is 5.75 Å². The summed E-state index contributed by atoms with van der Waals surface area (Å²) in [5.41, 5.74) is 16.5. The van der Waals surface area contributed by atoms with Gasteiger partial charge in [0.2, 0.25) is 0 Å². The summed E-state index contributed by atoms with van der Waals surface area (Å²) < 4.78 is 41.0. The monoisotopic (exact) mass is 674 g/mol. The Morgan fingerprint density at radius 2 is 1.89 bits per heavy atom. The van der Waals surface area contributed by atoms with E-state index in [9.17, 15) is 18.0 Å². The van der Waals surface area contributed by atoms with Gasteiger partial charge >= 0.3 is 10.4 Å². The Kier molecular flexibility index (Phi) is 14.2. The van der Waals surface area contributed by atoms with Crippen LogP contribution in [0.4, 0.5) is 5.13 Å². The van der Waals surface area contributed by atoms with Gasteiger partial charge in [-0.05, 0) is 44.5 Å². The number of benzene rings is 1. The normalized spacial score (nSPS) is 16.3. The van der Waals surface area contributed by atoms with Crippen molar-refractivity contribution in [3.63, 3.8) is 0 Å². The number of β-lactam (4-membered cyclic amide) rings is 1. The highest BCUT2D eigenvalue weighted by molar-refractivity contribution is 7.80. The van der Waals surface area contributed by atoms with Crippen LogP contribution in [-0.4, -0.2) is 77.4 Å². The Morgan fingerprint density at radius 1 is 1.23 bits per heavy atom. The Hall–Kier alpha value is -3.78. The van der Waals surface area contributed by atoms with Gasteiger partial charge in [0.05, 0.1) is 17.3 Å². The maximum absolute atomic E-state index is 13.1. The molecule has 1 unspecified atom stereocenters. The number of nitrogens with one attached hydrogen (secondary N) is 1. The number of amides is 1. The van der Waals surface area contributed by atoms with E-state index >= 15 is 0 Å². The highest BCUT2D eigenvalue weighted by atomic mass is 32.3. The van der Waals surface area contributed by atoms with Crippen LogP contribution in [0.1, 0.15) is 51.8 Å². The van der Waals surface area contributed by atoms with Crippen LogP contribution in [0.15, 0.2) is 39.8 Å². The van der Waals surface area contributed by atoms with Gasteiger partial charge in [-0.15, -0.1) is 15.6 Å². The molecule has 0 spiro atoms. The third-order valence-electron chi connectivity index (χ3n) is 6.10. The Balaban J connectivity index is 0.00000484. The highest BCUT2D eigenvalue weighted by Gasteiger charge is 2.57. The van der Waals surface area contributed by atoms with Crippen molar-refractivity contribution in [2.75, 3.05) is 25.5 Å². The van der Waals surface area contributed by atoms with Crippen LogP contribution in [0.3, 0.4) is 0 Å². The predicted octanol–water partition coefficient (Wildman–Crippen LogP) is 1.63. The zero-order chi connectivity index (χ0) is 31.1. The number of hydroxylamine groups is 2. The van der Waals surface area contributed by atoms with E-state index < -0.39 is 33.5 Å². The van der Waals surface area contributed by atoms with Crippen molar-refractivity contribution >= 4 is 69.4 Å². The van der Waals surface area contributed by atoms with E-state index in [1.165, 1.54) is 19.2 Å². The lowest BCUT2D eigenvalue weighted by Crippen LogP contribution is -2.68. The van der Waals surface area contributed by atoms with Gasteiger partial charge in [-0.3, -0.25) is 24.5 Å². The lowest BCUT2D eigenvalue weighted by atomic mass is 9.74. The van der Waals surface area contributed by atoms with Crippen LogP contribution in [-0.2, 0) is 29.1 Å². The number of ether oxygens (including phenoxy) is 1. The van der Waals surface area contributed by atoms with Gasteiger partial charge in [0.1, 0.15) is 23.9 Å². The van der Waals surface area contributed by atoms with Crippen molar-refractivity contribution in [3.8, 4) is 5.75 Å². The molecule has 0 radical (unpaired) electrons. The van der Waals surface area contributed by atoms with E-state index in [1.54, 1.807) is 24.3 Å². The number of nitrogens with zero attached hydrogens (tertiary/aromatic N) is 4. The van der Waals surface area contributed by atoms with Gasteiger partial charge in [-0.1, -0.05) is 12.6 Å². The van der Waals surface area contributed by atoms with Crippen LogP contribution >= 0.6 is 24.8 Å². The van der Waals surface area contributed by atoms with Crippen molar-refractivity contribution in [1.29, 1.82) is 5.41 Å². The zero-order valence-corrected chi connectivity index (χ0v) is 26.0. The predicted molar refractivity (Wildman–Crippen MR) is 171 cm³/mol. The first-order chi connectivity index (χ1) is 19.7. The average Bonchev–Trinajstić information content (AvgIpc) is 3.35. The van der Waals surface area contributed by atoms with Crippen LogP contribution in [0.25, 0.3) is 0 Å². The number of Topliss-reactive ketones (excluding diaryl/α,β-unsaturated/α-hetero) is 1. The van der Waals surface area contributed by atoms with Crippen LogP contribution < -0.4 is 21.9 Å². The third kappa shape index (κ3) is 10.4. The third-order valence-corrected chi connectivity index (χ3v) is 7.11. The molecule has 2 heterocycles. The van der Waals surface area contributed by atoms with E-state index in [0.29, 0.717) is 41.6 Å². The number of nitrogen functional groups attached to an aromatic ring is 1. The molecule has 16 nitrogen and oxygen atoms in total. The number of aromatic nitrogens is 1.